The molecule has 2 aliphatic heterocycles. The SMILES string of the molecule is CCCCCCCC1=NN2C(=N)/C(=C/c3cc(C)n(-c4cccc(C)c4C)c3C)C(=O)N=C2S1. The molecule has 7 heteroatoms. The highest BCUT2D eigenvalue weighted by atomic mass is 32.2. The Morgan fingerprint density at radius 1 is 1.09 bits per heavy atom. The molecule has 6 nitrogen and oxygen atoms in total. The zero-order valence-corrected chi connectivity index (χ0v) is 21.6. The number of nitrogens with one attached hydrogen (secondary N) is 1. The molecular weight excluding hydrogens is 442 g/mol. The molecule has 0 saturated heterocycles. The number of carbonyl (C=O) groups excluding carboxylic acids is 1. The number of thioether (sulfide) groups is 1. The number of nitrogens with zero attached hydrogens (tertiary/aromatic N) is 4. The molecule has 1 amide bonds. The molecule has 1 aromatic carbocycles. The monoisotopic (exact) mass is 475 g/mol. The third kappa shape index (κ3) is 4.67. The summed E-state index contributed by atoms with van der Waals surface area (Å²) in [7, 11) is 0. The van der Waals surface area contributed by atoms with Gasteiger partial charge in [0.2, 0.25) is 5.17 Å². The van der Waals surface area contributed by atoms with Gasteiger partial charge in [0.1, 0.15) is 5.04 Å². The minimum absolute atomic E-state index is 0.0972. The first kappa shape index (κ1) is 24.2. The van der Waals surface area contributed by atoms with Gasteiger partial charge in [-0.3, -0.25) is 10.2 Å². The van der Waals surface area contributed by atoms with Gasteiger partial charge >= 0.3 is 0 Å². The van der Waals surface area contributed by atoms with E-state index < -0.39 is 0 Å². The van der Waals surface area contributed by atoms with Gasteiger partial charge in [0.05, 0.1) is 5.57 Å². The average molecular weight is 476 g/mol. The van der Waals surface area contributed by atoms with Gasteiger partial charge < -0.3 is 4.57 Å². The van der Waals surface area contributed by atoms with Crippen LogP contribution in [0.1, 0.15) is 73.5 Å². The number of aliphatic imine (C=N–C) groups is 1. The number of unbranched alkanes of at least 4 members (excludes halogenated alkanes) is 4. The second-order valence-corrected chi connectivity index (χ2v) is 10.1. The summed E-state index contributed by atoms with van der Waals surface area (Å²) >= 11 is 1.42. The number of carbonyl (C=O) groups is 1. The third-order valence-electron chi connectivity index (χ3n) is 6.58. The Labute approximate surface area is 206 Å². The topological polar surface area (TPSA) is 73.8 Å². The summed E-state index contributed by atoms with van der Waals surface area (Å²) in [5.74, 6) is -0.278. The lowest BCUT2D eigenvalue weighted by Crippen LogP contribution is -2.35. The fourth-order valence-corrected chi connectivity index (χ4v) is 5.38. The Balaban J connectivity index is 1.59. The minimum atomic E-state index is -0.375. The van der Waals surface area contributed by atoms with Gasteiger partial charge in [-0.1, -0.05) is 44.7 Å². The number of hydrogen-bond acceptors (Lipinski definition) is 4. The van der Waals surface area contributed by atoms with Gasteiger partial charge in [-0.15, -0.1) is 0 Å². The maximum absolute atomic E-state index is 12.9. The van der Waals surface area contributed by atoms with Crippen molar-refractivity contribution in [1.82, 2.24) is 9.58 Å². The molecule has 0 spiro atoms. The van der Waals surface area contributed by atoms with Crippen molar-refractivity contribution in [3.05, 3.63) is 57.9 Å². The fourth-order valence-electron chi connectivity index (χ4n) is 4.45. The lowest BCUT2D eigenvalue weighted by atomic mass is 10.1. The maximum Gasteiger partial charge on any atom is 0.283 e. The van der Waals surface area contributed by atoms with Crippen LogP contribution >= 0.6 is 11.8 Å². The average Bonchev–Trinajstić information content (AvgIpc) is 3.33. The fraction of sp³-hybridized carbons (Fsp3) is 0.407. The van der Waals surface area contributed by atoms with Crippen LogP contribution in [0.3, 0.4) is 0 Å². The molecule has 4 rings (SSSR count). The van der Waals surface area contributed by atoms with Crippen molar-refractivity contribution < 1.29 is 4.79 Å². The first-order valence-corrected chi connectivity index (χ1v) is 12.9. The highest BCUT2D eigenvalue weighted by Gasteiger charge is 2.35. The Morgan fingerprint density at radius 2 is 1.85 bits per heavy atom. The van der Waals surface area contributed by atoms with Crippen molar-refractivity contribution >= 4 is 39.8 Å². The van der Waals surface area contributed by atoms with Crippen molar-refractivity contribution in [2.45, 2.75) is 73.1 Å². The second-order valence-electron chi connectivity index (χ2n) is 9.06. The van der Waals surface area contributed by atoms with E-state index in [1.165, 1.54) is 53.6 Å². The van der Waals surface area contributed by atoms with Crippen molar-refractivity contribution in [2.24, 2.45) is 10.1 Å². The van der Waals surface area contributed by atoms with Gasteiger partial charge in [0.25, 0.3) is 5.91 Å². The van der Waals surface area contributed by atoms with Gasteiger partial charge in [-0.05, 0) is 87.2 Å². The van der Waals surface area contributed by atoms with Crippen molar-refractivity contribution in [1.29, 1.82) is 5.41 Å². The Morgan fingerprint density at radius 3 is 2.62 bits per heavy atom. The quantitative estimate of drug-likeness (QED) is 0.341. The first-order valence-electron chi connectivity index (χ1n) is 12.1. The Bertz CT molecular complexity index is 1230. The van der Waals surface area contributed by atoms with E-state index in [2.05, 4.69) is 66.6 Å². The molecule has 2 aromatic rings. The summed E-state index contributed by atoms with van der Waals surface area (Å²) in [6.07, 6.45) is 8.62. The van der Waals surface area contributed by atoms with E-state index in [0.717, 1.165) is 40.5 Å². The lowest BCUT2D eigenvalue weighted by Gasteiger charge is -2.20. The van der Waals surface area contributed by atoms with Crippen LogP contribution in [0.25, 0.3) is 11.8 Å². The van der Waals surface area contributed by atoms with Gasteiger partial charge in [0, 0.05) is 17.1 Å². The highest BCUT2D eigenvalue weighted by molar-refractivity contribution is 8.26. The molecule has 0 aliphatic carbocycles. The lowest BCUT2D eigenvalue weighted by molar-refractivity contribution is -0.114. The van der Waals surface area contributed by atoms with E-state index in [9.17, 15) is 4.79 Å². The van der Waals surface area contributed by atoms with E-state index >= 15 is 0 Å². The summed E-state index contributed by atoms with van der Waals surface area (Å²) in [4.78, 5) is 17.1. The molecule has 2 aliphatic rings. The molecule has 1 aromatic heterocycles. The van der Waals surface area contributed by atoms with Gasteiger partial charge in [0.15, 0.2) is 5.84 Å². The highest BCUT2D eigenvalue weighted by Crippen LogP contribution is 2.32. The largest absolute Gasteiger partial charge is 0.318 e. The van der Waals surface area contributed by atoms with E-state index in [1.807, 2.05) is 6.92 Å². The molecule has 178 valence electrons. The number of aromatic nitrogens is 1. The van der Waals surface area contributed by atoms with Crippen molar-refractivity contribution in [3.8, 4) is 5.69 Å². The smallest absolute Gasteiger partial charge is 0.283 e. The summed E-state index contributed by atoms with van der Waals surface area (Å²) in [6, 6.07) is 8.36. The molecule has 3 heterocycles. The number of hydrazone groups is 1. The van der Waals surface area contributed by atoms with Crippen LogP contribution in [0.2, 0.25) is 0 Å². The molecule has 0 bridgehead atoms. The van der Waals surface area contributed by atoms with Crippen molar-refractivity contribution in [3.63, 3.8) is 0 Å². The second kappa shape index (κ2) is 10.1. The predicted octanol–water partition coefficient (Wildman–Crippen LogP) is 6.69. The number of amidine groups is 2. The van der Waals surface area contributed by atoms with Crippen LogP contribution in [-0.2, 0) is 4.79 Å². The zero-order valence-electron chi connectivity index (χ0n) is 20.7. The zero-order chi connectivity index (χ0) is 24.4. The summed E-state index contributed by atoms with van der Waals surface area (Å²) < 4.78 is 2.21. The van der Waals surface area contributed by atoms with E-state index in [0.29, 0.717) is 5.17 Å². The molecule has 1 N–H and O–H groups in total. The standard InChI is InChI=1S/C27H33N5OS/c1-6-7-8-9-10-14-24-30-32-25(28)22(26(33)29-27(32)34-24)16-21-15-18(3)31(20(21)5)23-13-11-12-17(2)19(23)4/h11-13,15-16,28H,6-10,14H2,1-5H3/b22-16-,28-25?. The molecule has 34 heavy (non-hydrogen) atoms. The summed E-state index contributed by atoms with van der Waals surface area (Å²) in [6.45, 7) is 10.6. The predicted molar refractivity (Wildman–Crippen MR) is 143 cm³/mol. The van der Waals surface area contributed by atoms with Gasteiger partial charge in [-0.2, -0.15) is 15.1 Å². The van der Waals surface area contributed by atoms with Crippen LogP contribution in [0.4, 0.5) is 0 Å². The number of fused-ring (bicyclic) bond motifs is 1. The molecular formula is C27H33N5OS. The first-order chi connectivity index (χ1) is 16.3. The molecule has 0 saturated carbocycles. The van der Waals surface area contributed by atoms with Crippen LogP contribution in [0.5, 0.6) is 0 Å². The minimum Gasteiger partial charge on any atom is -0.318 e. The van der Waals surface area contributed by atoms with Crippen LogP contribution in [0.15, 0.2) is 39.9 Å². The number of hydrogen-bond donors (Lipinski definition) is 1. The molecule has 0 unspecified atom stereocenters. The molecule has 0 fully saturated rings. The van der Waals surface area contributed by atoms with E-state index in [1.54, 1.807) is 6.08 Å². The number of aryl methyl sites for hydroxylation is 2. The summed E-state index contributed by atoms with van der Waals surface area (Å²) in [5, 5.41) is 16.3. The molecule has 0 radical (unpaired) electrons. The van der Waals surface area contributed by atoms with E-state index in [-0.39, 0.29) is 17.3 Å². The van der Waals surface area contributed by atoms with Crippen LogP contribution < -0.4 is 0 Å². The number of rotatable bonds is 8. The summed E-state index contributed by atoms with van der Waals surface area (Å²) in [5.41, 5.74) is 6.90. The van der Waals surface area contributed by atoms with Crippen molar-refractivity contribution in [2.75, 3.05) is 0 Å². The molecule has 0 atom stereocenters. The normalized spacial score (nSPS) is 16.9. The Hall–Kier alpha value is -2.93. The van der Waals surface area contributed by atoms with E-state index in [4.69, 9.17) is 5.41 Å². The van der Waals surface area contributed by atoms with Crippen LogP contribution in [-0.4, -0.2) is 31.5 Å². The Kier molecular flexibility index (Phi) is 7.22. The number of amides is 1. The van der Waals surface area contributed by atoms with Gasteiger partial charge in [-0.25, -0.2) is 0 Å². The number of benzene rings is 1. The maximum atomic E-state index is 12.9. The third-order valence-corrected chi connectivity index (χ3v) is 7.55. The van der Waals surface area contributed by atoms with Crippen LogP contribution in [0, 0.1) is 33.1 Å².